The van der Waals surface area contributed by atoms with Crippen LogP contribution in [-0.4, -0.2) is 35.1 Å². The van der Waals surface area contributed by atoms with Gasteiger partial charge >= 0.3 is 23.9 Å². The quantitative estimate of drug-likeness (QED) is 0.325. The highest BCUT2D eigenvalue weighted by molar-refractivity contribution is 6.34. The van der Waals surface area contributed by atoms with Crippen molar-refractivity contribution < 1.29 is 33.4 Å². The first-order valence-corrected chi connectivity index (χ1v) is 6.29. The molecule has 0 fully saturated rings. The second-order valence-corrected chi connectivity index (χ2v) is 6.43. The van der Waals surface area contributed by atoms with Crippen LogP contribution in [0.2, 0.25) is 0 Å². The fourth-order valence-corrected chi connectivity index (χ4v) is 1.42. The maximum atomic E-state index is 12.0. The molecule has 0 N–H and O–H groups in total. The molecule has 1 aliphatic heterocycles. The fraction of sp³-hybridized carbons (Fsp3) is 0.571. The lowest BCUT2D eigenvalue weighted by molar-refractivity contribution is -0.155. The minimum absolute atomic E-state index is 0.732. The Bertz CT molecular complexity index is 493. The third-order valence-corrected chi connectivity index (χ3v) is 2.05. The largest absolute Gasteiger partial charge is 0.456 e. The topological polar surface area (TPSA) is 96.0 Å². The van der Waals surface area contributed by atoms with E-state index in [9.17, 15) is 19.2 Å². The molecular weight excluding hydrogens is 280 g/mol. The highest BCUT2D eigenvalue weighted by Crippen LogP contribution is 2.24. The van der Waals surface area contributed by atoms with Gasteiger partial charge in [0.05, 0.1) is 0 Å². The summed E-state index contributed by atoms with van der Waals surface area (Å²) in [4.78, 5) is 47.1. The van der Waals surface area contributed by atoms with Gasteiger partial charge in [-0.3, -0.25) is 0 Å². The predicted octanol–water partition coefficient (Wildman–Crippen LogP) is 1.05. The molecule has 0 aromatic rings. The molecular formula is C14H18O7. The van der Waals surface area contributed by atoms with Crippen LogP contribution in [0, 0.1) is 0 Å². The average molecular weight is 298 g/mol. The van der Waals surface area contributed by atoms with Crippen molar-refractivity contribution in [2.75, 3.05) is 0 Å². The Balaban J connectivity index is 3.20. The lowest BCUT2D eigenvalue weighted by atomic mass is 10.1. The molecule has 7 heteroatoms. The predicted molar refractivity (Wildman–Crippen MR) is 69.8 cm³/mol. The molecule has 116 valence electrons. The van der Waals surface area contributed by atoms with Gasteiger partial charge in [0.2, 0.25) is 0 Å². The van der Waals surface area contributed by atoms with Gasteiger partial charge in [-0.25, -0.2) is 19.2 Å². The second-order valence-electron chi connectivity index (χ2n) is 6.43. The Hall–Kier alpha value is -2.18. The molecule has 0 saturated heterocycles. The maximum Gasteiger partial charge on any atom is 0.354 e. The van der Waals surface area contributed by atoms with E-state index < -0.39 is 46.2 Å². The molecule has 7 nitrogen and oxygen atoms in total. The number of rotatable bonds is 2. The van der Waals surface area contributed by atoms with E-state index in [-0.39, 0.29) is 0 Å². The molecule has 0 aromatic carbocycles. The SMILES string of the molecule is CC(C)(C)OC(=O)C1=C(C(=O)OC(C)(C)C)C(=O)OC1=O. The number of hydrogen-bond acceptors (Lipinski definition) is 7. The summed E-state index contributed by atoms with van der Waals surface area (Å²) >= 11 is 0. The first kappa shape index (κ1) is 16.9. The zero-order valence-corrected chi connectivity index (χ0v) is 12.9. The summed E-state index contributed by atoms with van der Waals surface area (Å²) in [5.41, 5.74) is -3.25. The maximum absolute atomic E-state index is 12.0. The summed E-state index contributed by atoms with van der Waals surface area (Å²) < 4.78 is 14.3. The third kappa shape index (κ3) is 4.40. The van der Waals surface area contributed by atoms with Gasteiger partial charge in [-0.05, 0) is 41.5 Å². The molecule has 0 radical (unpaired) electrons. The highest BCUT2D eigenvalue weighted by atomic mass is 16.6. The molecule has 0 aromatic heterocycles. The number of esters is 4. The summed E-state index contributed by atoms with van der Waals surface area (Å²) in [7, 11) is 0. The van der Waals surface area contributed by atoms with E-state index in [0.29, 0.717) is 0 Å². The van der Waals surface area contributed by atoms with Crippen LogP contribution in [0.5, 0.6) is 0 Å². The van der Waals surface area contributed by atoms with Gasteiger partial charge < -0.3 is 14.2 Å². The van der Waals surface area contributed by atoms with Crippen LogP contribution >= 0.6 is 0 Å². The van der Waals surface area contributed by atoms with Gasteiger partial charge in [0.15, 0.2) is 11.1 Å². The van der Waals surface area contributed by atoms with Crippen LogP contribution in [0.15, 0.2) is 11.1 Å². The van der Waals surface area contributed by atoms with Gasteiger partial charge in [0.1, 0.15) is 11.2 Å². The minimum atomic E-state index is -1.21. The molecule has 0 spiro atoms. The number of cyclic esters (lactones) is 2. The first-order chi connectivity index (χ1) is 9.32. The van der Waals surface area contributed by atoms with Crippen molar-refractivity contribution in [3.63, 3.8) is 0 Å². The van der Waals surface area contributed by atoms with E-state index >= 15 is 0 Å². The van der Waals surface area contributed by atoms with Crippen LogP contribution in [0.25, 0.3) is 0 Å². The van der Waals surface area contributed by atoms with E-state index in [4.69, 9.17) is 9.47 Å². The van der Waals surface area contributed by atoms with Gasteiger partial charge in [-0.15, -0.1) is 0 Å². The number of ether oxygens (including phenoxy) is 3. The molecule has 0 aliphatic carbocycles. The smallest absolute Gasteiger partial charge is 0.354 e. The van der Waals surface area contributed by atoms with Crippen molar-refractivity contribution in [1.29, 1.82) is 0 Å². The second kappa shape index (κ2) is 5.31. The molecule has 1 aliphatic rings. The molecule has 0 atom stereocenters. The van der Waals surface area contributed by atoms with Crippen molar-refractivity contribution in [3.8, 4) is 0 Å². The molecule has 1 rings (SSSR count). The Kier molecular flexibility index (Phi) is 4.26. The van der Waals surface area contributed by atoms with Crippen molar-refractivity contribution in [3.05, 3.63) is 11.1 Å². The molecule has 0 amide bonds. The van der Waals surface area contributed by atoms with Crippen molar-refractivity contribution in [2.24, 2.45) is 0 Å². The number of carbonyl (C=O) groups excluding carboxylic acids is 4. The fourth-order valence-electron chi connectivity index (χ4n) is 1.42. The number of hydrogen-bond donors (Lipinski definition) is 0. The monoisotopic (exact) mass is 298 g/mol. The van der Waals surface area contributed by atoms with Gasteiger partial charge in [-0.1, -0.05) is 0 Å². The molecule has 0 unspecified atom stereocenters. The summed E-state index contributed by atoms with van der Waals surface area (Å²) in [5.74, 6) is -4.62. The molecule has 0 bridgehead atoms. The van der Waals surface area contributed by atoms with E-state index in [1.165, 1.54) is 0 Å². The summed E-state index contributed by atoms with van der Waals surface area (Å²) in [6, 6.07) is 0. The zero-order chi connectivity index (χ0) is 16.6. The van der Waals surface area contributed by atoms with E-state index in [0.717, 1.165) is 0 Å². The standard InChI is InChI=1S/C14H18O7/c1-13(2,3)20-11(17)7-8(10(16)19-9(7)15)12(18)21-14(4,5)6/h1-6H3. The summed E-state index contributed by atoms with van der Waals surface area (Å²) in [6.07, 6.45) is 0. The minimum Gasteiger partial charge on any atom is -0.456 e. The van der Waals surface area contributed by atoms with Gasteiger partial charge in [0, 0.05) is 0 Å². The first-order valence-electron chi connectivity index (χ1n) is 6.29. The van der Waals surface area contributed by atoms with Crippen LogP contribution in [0.4, 0.5) is 0 Å². The highest BCUT2D eigenvalue weighted by Gasteiger charge is 2.44. The van der Waals surface area contributed by atoms with Crippen LogP contribution in [-0.2, 0) is 33.4 Å². The van der Waals surface area contributed by atoms with E-state index in [1.807, 2.05) is 0 Å². The van der Waals surface area contributed by atoms with Crippen LogP contribution < -0.4 is 0 Å². The van der Waals surface area contributed by atoms with Gasteiger partial charge in [0.25, 0.3) is 0 Å². The number of carbonyl (C=O) groups is 4. The lowest BCUT2D eigenvalue weighted by Gasteiger charge is -2.20. The molecule has 0 saturated carbocycles. The van der Waals surface area contributed by atoms with Gasteiger partial charge in [-0.2, -0.15) is 0 Å². The lowest BCUT2D eigenvalue weighted by Crippen LogP contribution is -2.29. The Morgan fingerprint density at radius 2 is 1.05 bits per heavy atom. The summed E-state index contributed by atoms with van der Waals surface area (Å²) in [6.45, 7) is 9.50. The Morgan fingerprint density at radius 3 is 1.29 bits per heavy atom. The molecule has 21 heavy (non-hydrogen) atoms. The van der Waals surface area contributed by atoms with Crippen LogP contribution in [0.1, 0.15) is 41.5 Å². The zero-order valence-electron chi connectivity index (χ0n) is 12.9. The molecule has 1 heterocycles. The Morgan fingerprint density at radius 1 is 0.762 bits per heavy atom. The normalized spacial score (nSPS) is 15.9. The van der Waals surface area contributed by atoms with E-state index in [1.54, 1.807) is 41.5 Å². The van der Waals surface area contributed by atoms with Crippen molar-refractivity contribution >= 4 is 23.9 Å². The summed E-state index contributed by atoms with van der Waals surface area (Å²) in [5, 5.41) is 0. The van der Waals surface area contributed by atoms with E-state index in [2.05, 4.69) is 4.74 Å². The van der Waals surface area contributed by atoms with Crippen molar-refractivity contribution in [2.45, 2.75) is 52.7 Å². The van der Waals surface area contributed by atoms with Crippen LogP contribution in [0.3, 0.4) is 0 Å². The Labute approximate surface area is 122 Å². The third-order valence-electron chi connectivity index (χ3n) is 2.05. The van der Waals surface area contributed by atoms with Crippen molar-refractivity contribution in [1.82, 2.24) is 0 Å². The average Bonchev–Trinajstić information content (AvgIpc) is 2.47.